The lowest BCUT2D eigenvalue weighted by atomic mass is 10.2. The first-order chi connectivity index (χ1) is 10.5. The first-order valence-corrected chi connectivity index (χ1v) is 7.99. The third kappa shape index (κ3) is 2.76. The predicted octanol–water partition coefficient (Wildman–Crippen LogP) is 2.45. The Morgan fingerprint density at radius 1 is 1.27 bits per heavy atom. The summed E-state index contributed by atoms with van der Waals surface area (Å²) < 4.78 is 34.5. The molecule has 0 atom stereocenters. The van der Waals surface area contributed by atoms with Crippen LogP contribution in [0.3, 0.4) is 0 Å². The molecule has 2 heterocycles. The molecule has 0 unspecified atom stereocenters. The van der Waals surface area contributed by atoms with Crippen LogP contribution in [0.4, 0.5) is 0 Å². The van der Waals surface area contributed by atoms with E-state index in [0.717, 1.165) is 0 Å². The van der Waals surface area contributed by atoms with Crippen LogP contribution >= 0.6 is 0 Å². The van der Waals surface area contributed by atoms with Gasteiger partial charge in [-0.25, -0.2) is 8.42 Å². The van der Waals surface area contributed by atoms with Crippen LogP contribution in [-0.4, -0.2) is 13.6 Å². The van der Waals surface area contributed by atoms with Gasteiger partial charge < -0.3 is 8.94 Å². The largest absolute Gasteiger partial charge is 0.443 e. The maximum Gasteiger partial charge on any atom is 0.295 e. The Bertz CT molecular complexity index is 858. The fourth-order valence-electron chi connectivity index (χ4n) is 2.02. The van der Waals surface area contributed by atoms with Crippen LogP contribution in [0, 0.1) is 13.8 Å². The minimum absolute atomic E-state index is 0.0145. The van der Waals surface area contributed by atoms with Gasteiger partial charge in [0.15, 0.2) is 0 Å². The SMILES string of the molecule is Cc1noc(C)c1CONS(=O)(=O)c1cc2ccccc2o1. The van der Waals surface area contributed by atoms with Gasteiger partial charge in [-0.3, -0.25) is 4.84 Å². The van der Waals surface area contributed by atoms with Crippen molar-refractivity contribution >= 4 is 21.0 Å². The number of hydrogen-bond acceptors (Lipinski definition) is 6. The van der Waals surface area contributed by atoms with Crippen LogP contribution in [0.5, 0.6) is 0 Å². The van der Waals surface area contributed by atoms with E-state index in [1.54, 1.807) is 38.1 Å². The number of hydrogen-bond donors (Lipinski definition) is 1. The van der Waals surface area contributed by atoms with E-state index in [4.69, 9.17) is 13.8 Å². The highest BCUT2D eigenvalue weighted by Gasteiger charge is 2.20. The lowest BCUT2D eigenvalue weighted by molar-refractivity contribution is 0.0774. The number of fused-ring (bicyclic) bond motifs is 1. The Morgan fingerprint density at radius 3 is 2.73 bits per heavy atom. The van der Waals surface area contributed by atoms with Gasteiger partial charge in [-0.15, -0.1) is 0 Å². The van der Waals surface area contributed by atoms with Gasteiger partial charge in [-0.2, -0.15) is 0 Å². The van der Waals surface area contributed by atoms with Gasteiger partial charge in [0, 0.05) is 17.0 Å². The molecule has 1 aromatic carbocycles. The molecule has 8 heteroatoms. The summed E-state index contributed by atoms with van der Waals surface area (Å²) in [5.74, 6) is 0.584. The second kappa shape index (κ2) is 5.56. The Labute approximate surface area is 126 Å². The second-order valence-electron chi connectivity index (χ2n) is 4.78. The van der Waals surface area contributed by atoms with Crippen molar-refractivity contribution < 1.29 is 22.2 Å². The summed E-state index contributed by atoms with van der Waals surface area (Å²) in [5.41, 5.74) is 1.85. The number of rotatable bonds is 5. The van der Waals surface area contributed by atoms with Gasteiger partial charge >= 0.3 is 0 Å². The van der Waals surface area contributed by atoms with Crippen molar-refractivity contribution in [2.45, 2.75) is 25.5 Å². The van der Waals surface area contributed by atoms with Crippen LogP contribution in [0.15, 0.2) is 44.4 Å². The molecule has 0 saturated heterocycles. The van der Waals surface area contributed by atoms with Crippen LogP contribution in [0.2, 0.25) is 0 Å². The zero-order valence-corrected chi connectivity index (χ0v) is 12.8. The molecule has 0 radical (unpaired) electrons. The third-order valence-electron chi connectivity index (χ3n) is 3.23. The predicted molar refractivity (Wildman–Crippen MR) is 77.3 cm³/mol. The van der Waals surface area contributed by atoms with Gasteiger partial charge in [0.2, 0.25) is 5.09 Å². The molecule has 0 aliphatic heterocycles. The Balaban J connectivity index is 1.73. The molecule has 0 fully saturated rings. The van der Waals surface area contributed by atoms with E-state index in [-0.39, 0.29) is 11.7 Å². The van der Waals surface area contributed by atoms with E-state index in [9.17, 15) is 8.42 Å². The molecular weight excluding hydrogens is 308 g/mol. The lowest BCUT2D eigenvalue weighted by Crippen LogP contribution is -2.23. The molecule has 1 N–H and O–H groups in total. The molecule has 7 nitrogen and oxygen atoms in total. The minimum atomic E-state index is -3.89. The first-order valence-electron chi connectivity index (χ1n) is 6.51. The van der Waals surface area contributed by atoms with E-state index in [1.165, 1.54) is 6.07 Å². The molecule has 0 aliphatic carbocycles. The molecule has 22 heavy (non-hydrogen) atoms. The Kier molecular flexibility index (Phi) is 3.73. The monoisotopic (exact) mass is 322 g/mol. The van der Waals surface area contributed by atoms with E-state index >= 15 is 0 Å². The fraction of sp³-hybridized carbons (Fsp3) is 0.214. The number of furan rings is 1. The highest BCUT2D eigenvalue weighted by molar-refractivity contribution is 7.89. The van der Waals surface area contributed by atoms with Crippen molar-refractivity contribution in [3.63, 3.8) is 0 Å². The normalized spacial score (nSPS) is 12.1. The lowest BCUT2D eigenvalue weighted by Gasteiger charge is -2.04. The summed E-state index contributed by atoms with van der Waals surface area (Å²) in [4.78, 5) is 7.09. The van der Waals surface area contributed by atoms with Crippen LogP contribution in [0.25, 0.3) is 11.0 Å². The summed E-state index contributed by atoms with van der Waals surface area (Å²) in [7, 11) is -3.89. The second-order valence-corrected chi connectivity index (χ2v) is 6.36. The number of nitrogens with zero attached hydrogens (tertiary/aromatic N) is 1. The quantitative estimate of drug-likeness (QED) is 0.725. The number of aryl methyl sites for hydroxylation is 2. The average Bonchev–Trinajstić information content (AvgIpc) is 3.05. The highest BCUT2D eigenvalue weighted by Crippen LogP contribution is 2.22. The molecule has 3 rings (SSSR count). The van der Waals surface area contributed by atoms with Crippen molar-refractivity contribution in [2.75, 3.05) is 0 Å². The number of para-hydroxylation sites is 1. The number of benzene rings is 1. The Morgan fingerprint density at radius 2 is 2.05 bits per heavy atom. The molecule has 3 aromatic rings. The van der Waals surface area contributed by atoms with E-state index < -0.39 is 10.0 Å². The van der Waals surface area contributed by atoms with Crippen LogP contribution in [0.1, 0.15) is 17.0 Å². The number of sulfonamides is 1. The number of aromatic nitrogens is 1. The summed E-state index contributed by atoms with van der Waals surface area (Å²) >= 11 is 0. The standard InChI is InChI=1S/C14H14N2O5S/c1-9-12(10(2)21-15-9)8-19-16-22(17,18)14-7-11-5-3-4-6-13(11)20-14/h3-7,16H,8H2,1-2H3. The smallest absolute Gasteiger partial charge is 0.295 e. The maximum atomic E-state index is 12.1. The molecule has 2 aromatic heterocycles. The molecule has 0 aliphatic rings. The van der Waals surface area contributed by atoms with Gasteiger partial charge in [0.05, 0.1) is 12.3 Å². The molecule has 0 bridgehead atoms. The topological polar surface area (TPSA) is 94.6 Å². The summed E-state index contributed by atoms with van der Waals surface area (Å²) in [6.45, 7) is 3.50. The molecule has 116 valence electrons. The molecule has 0 saturated carbocycles. The van der Waals surface area contributed by atoms with Gasteiger partial charge in [-0.05, 0) is 19.9 Å². The van der Waals surface area contributed by atoms with Crippen molar-refractivity contribution in [1.29, 1.82) is 0 Å². The van der Waals surface area contributed by atoms with Crippen LogP contribution < -0.4 is 4.89 Å². The average molecular weight is 322 g/mol. The van der Waals surface area contributed by atoms with Crippen molar-refractivity contribution in [1.82, 2.24) is 10.0 Å². The zero-order valence-electron chi connectivity index (χ0n) is 12.0. The van der Waals surface area contributed by atoms with Crippen molar-refractivity contribution in [3.8, 4) is 0 Å². The third-order valence-corrected chi connectivity index (χ3v) is 4.30. The van der Waals surface area contributed by atoms with E-state index in [1.807, 2.05) is 4.89 Å². The van der Waals surface area contributed by atoms with Crippen molar-refractivity contribution in [3.05, 3.63) is 47.3 Å². The fourth-order valence-corrected chi connectivity index (χ4v) is 2.80. The highest BCUT2D eigenvalue weighted by atomic mass is 32.2. The Hall–Kier alpha value is -2.16. The van der Waals surface area contributed by atoms with E-state index in [2.05, 4.69) is 5.16 Å². The van der Waals surface area contributed by atoms with Gasteiger partial charge in [0.1, 0.15) is 11.3 Å². The number of nitrogens with one attached hydrogen (secondary N) is 1. The van der Waals surface area contributed by atoms with Crippen molar-refractivity contribution in [2.24, 2.45) is 0 Å². The maximum absolute atomic E-state index is 12.1. The van der Waals surface area contributed by atoms with Gasteiger partial charge in [-0.1, -0.05) is 28.2 Å². The molecule has 0 amide bonds. The first kappa shape index (κ1) is 14.8. The van der Waals surface area contributed by atoms with Crippen LogP contribution in [-0.2, 0) is 21.5 Å². The summed E-state index contributed by atoms with van der Waals surface area (Å²) in [5, 5.41) is 4.27. The minimum Gasteiger partial charge on any atom is -0.443 e. The van der Waals surface area contributed by atoms with E-state index in [0.29, 0.717) is 28.0 Å². The molecular formula is C14H14N2O5S. The summed E-state index contributed by atoms with van der Waals surface area (Å²) in [6.07, 6.45) is 0. The van der Waals surface area contributed by atoms with Gasteiger partial charge in [0.25, 0.3) is 10.0 Å². The summed E-state index contributed by atoms with van der Waals surface area (Å²) in [6, 6.07) is 8.47. The zero-order chi connectivity index (χ0) is 15.7. The molecule has 0 spiro atoms.